The van der Waals surface area contributed by atoms with Crippen molar-refractivity contribution in [1.82, 2.24) is 5.32 Å². The number of hydrogen-bond acceptors (Lipinski definition) is 3. The van der Waals surface area contributed by atoms with Crippen LogP contribution in [0, 0.1) is 12.3 Å². The molecule has 0 aromatic heterocycles. The lowest BCUT2D eigenvalue weighted by atomic mass is 10.1. The van der Waals surface area contributed by atoms with Crippen LogP contribution in [0.2, 0.25) is 0 Å². The summed E-state index contributed by atoms with van der Waals surface area (Å²) in [6, 6.07) is 5.44. The van der Waals surface area contributed by atoms with Crippen LogP contribution in [0.3, 0.4) is 0 Å². The van der Waals surface area contributed by atoms with Gasteiger partial charge in [-0.1, -0.05) is 6.07 Å². The zero-order valence-corrected chi connectivity index (χ0v) is 11.4. The van der Waals surface area contributed by atoms with E-state index in [0.29, 0.717) is 11.3 Å². The summed E-state index contributed by atoms with van der Waals surface area (Å²) < 4.78 is 5.48. The number of carbonyl (C=O) groups is 2. The molecule has 1 unspecified atom stereocenters. The first-order valence-corrected chi connectivity index (χ1v) is 6.18. The van der Waals surface area contributed by atoms with Crippen LogP contribution in [-0.2, 0) is 4.79 Å². The van der Waals surface area contributed by atoms with Crippen molar-refractivity contribution < 1.29 is 19.4 Å². The minimum atomic E-state index is -1.16. The molecule has 1 amide bonds. The normalized spacial score (nSPS) is 11.5. The maximum absolute atomic E-state index is 12.0. The highest BCUT2D eigenvalue weighted by Crippen LogP contribution is 2.15. The van der Waals surface area contributed by atoms with Gasteiger partial charge in [-0.15, -0.1) is 12.3 Å². The number of carboxylic acid groups (broad SMARTS) is 1. The number of rotatable bonds is 6. The summed E-state index contributed by atoms with van der Waals surface area (Å²) in [5.41, 5.74) is 0.325. The molecular weight excluding hydrogens is 258 g/mol. The fourth-order valence-corrected chi connectivity index (χ4v) is 1.54. The number of carbonyl (C=O) groups excluding carboxylic acids is 1. The van der Waals surface area contributed by atoms with Crippen LogP contribution in [-0.4, -0.2) is 29.1 Å². The summed E-state index contributed by atoms with van der Waals surface area (Å²) in [6.45, 7) is 3.75. The van der Waals surface area contributed by atoms with Gasteiger partial charge in [-0.3, -0.25) is 4.79 Å². The second kappa shape index (κ2) is 7.19. The van der Waals surface area contributed by atoms with Crippen molar-refractivity contribution >= 4 is 11.9 Å². The smallest absolute Gasteiger partial charge is 0.327 e. The van der Waals surface area contributed by atoms with Crippen molar-refractivity contribution in [2.75, 3.05) is 0 Å². The maximum atomic E-state index is 12.0. The van der Waals surface area contributed by atoms with Crippen LogP contribution in [0.1, 0.15) is 30.6 Å². The van der Waals surface area contributed by atoms with E-state index in [1.54, 1.807) is 24.3 Å². The Hall–Kier alpha value is -2.48. The Balaban J connectivity index is 2.81. The Morgan fingerprint density at radius 1 is 1.45 bits per heavy atom. The summed E-state index contributed by atoms with van der Waals surface area (Å²) in [4.78, 5) is 22.9. The highest BCUT2D eigenvalue weighted by molar-refractivity contribution is 5.96. The molecule has 0 fully saturated rings. The van der Waals surface area contributed by atoms with Gasteiger partial charge < -0.3 is 15.2 Å². The summed E-state index contributed by atoms with van der Waals surface area (Å²) >= 11 is 0. The van der Waals surface area contributed by atoms with E-state index in [1.165, 1.54) is 0 Å². The fraction of sp³-hybridized carbons (Fsp3) is 0.333. The number of hydrogen-bond donors (Lipinski definition) is 2. The molecule has 5 nitrogen and oxygen atoms in total. The number of amides is 1. The van der Waals surface area contributed by atoms with Gasteiger partial charge in [0.25, 0.3) is 5.91 Å². The van der Waals surface area contributed by atoms with Gasteiger partial charge in [0.1, 0.15) is 11.8 Å². The second-order valence-corrected chi connectivity index (χ2v) is 4.47. The first-order chi connectivity index (χ1) is 9.43. The Labute approximate surface area is 117 Å². The topological polar surface area (TPSA) is 75.6 Å². The van der Waals surface area contributed by atoms with Crippen LogP contribution in [0.5, 0.6) is 5.75 Å². The van der Waals surface area contributed by atoms with Crippen molar-refractivity contribution in [3.8, 4) is 18.1 Å². The third-order valence-electron chi connectivity index (χ3n) is 2.39. The SMILES string of the molecule is C#CCC(NC(=O)c1cccc(OC(C)C)c1)C(=O)O. The van der Waals surface area contributed by atoms with Gasteiger partial charge in [0.15, 0.2) is 0 Å². The number of benzene rings is 1. The van der Waals surface area contributed by atoms with Crippen LogP contribution in [0.4, 0.5) is 0 Å². The van der Waals surface area contributed by atoms with Crippen LogP contribution < -0.4 is 10.1 Å². The molecule has 0 aliphatic rings. The number of ether oxygens (including phenoxy) is 1. The number of nitrogens with one attached hydrogen (secondary N) is 1. The molecule has 1 rings (SSSR count). The molecule has 0 saturated carbocycles. The highest BCUT2D eigenvalue weighted by Gasteiger charge is 2.19. The zero-order chi connectivity index (χ0) is 15.1. The molecule has 0 radical (unpaired) electrons. The van der Waals surface area contributed by atoms with E-state index in [2.05, 4.69) is 11.2 Å². The predicted octanol–water partition coefficient (Wildman–Crippen LogP) is 1.68. The molecule has 1 aromatic carbocycles. The lowest BCUT2D eigenvalue weighted by Gasteiger charge is -2.13. The van der Waals surface area contributed by atoms with E-state index in [-0.39, 0.29) is 12.5 Å². The maximum Gasteiger partial charge on any atom is 0.327 e. The van der Waals surface area contributed by atoms with Gasteiger partial charge in [0.2, 0.25) is 0 Å². The van der Waals surface area contributed by atoms with Gasteiger partial charge in [-0.25, -0.2) is 4.79 Å². The van der Waals surface area contributed by atoms with E-state index in [9.17, 15) is 9.59 Å². The van der Waals surface area contributed by atoms with Gasteiger partial charge in [0.05, 0.1) is 6.10 Å². The molecular formula is C15H17NO4. The molecule has 0 saturated heterocycles. The van der Waals surface area contributed by atoms with E-state index >= 15 is 0 Å². The Morgan fingerprint density at radius 2 is 2.15 bits per heavy atom. The molecule has 0 aliphatic heterocycles. The van der Waals surface area contributed by atoms with E-state index in [1.807, 2.05) is 13.8 Å². The van der Waals surface area contributed by atoms with Crippen molar-refractivity contribution in [2.24, 2.45) is 0 Å². The highest BCUT2D eigenvalue weighted by atomic mass is 16.5. The van der Waals surface area contributed by atoms with Gasteiger partial charge in [-0.05, 0) is 32.0 Å². The second-order valence-electron chi connectivity index (χ2n) is 4.47. The predicted molar refractivity (Wildman–Crippen MR) is 74.5 cm³/mol. The first-order valence-electron chi connectivity index (χ1n) is 6.18. The molecule has 1 aromatic rings. The average molecular weight is 275 g/mol. The zero-order valence-electron chi connectivity index (χ0n) is 11.4. The molecule has 2 N–H and O–H groups in total. The molecule has 106 valence electrons. The van der Waals surface area contributed by atoms with E-state index in [0.717, 1.165) is 0 Å². The standard InChI is InChI=1S/C15H17NO4/c1-4-6-13(15(18)19)16-14(17)11-7-5-8-12(9-11)20-10(2)3/h1,5,7-10,13H,6H2,2-3H3,(H,16,17)(H,18,19). The average Bonchev–Trinajstić information content (AvgIpc) is 2.37. The molecule has 0 spiro atoms. The van der Waals surface area contributed by atoms with Crippen LogP contribution in [0.15, 0.2) is 24.3 Å². The largest absolute Gasteiger partial charge is 0.491 e. The molecule has 20 heavy (non-hydrogen) atoms. The number of aliphatic carboxylic acids is 1. The van der Waals surface area contributed by atoms with Crippen LogP contribution >= 0.6 is 0 Å². The van der Waals surface area contributed by atoms with Crippen LogP contribution in [0.25, 0.3) is 0 Å². The van der Waals surface area contributed by atoms with Gasteiger partial charge in [0, 0.05) is 12.0 Å². The molecule has 1 atom stereocenters. The summed E-state index contributed by atoms with van der Waals surface area (Å²) in [7, 11) is 0. The first kappa shape index (κ1) is 15.6. The minimum Gasteiger partial charge on any atom is -0.491 e. The van der Waals surface area contributed by atoms with Gasteiger partial charge >= 0.3 is 5.97 Å². The van der Waals surface area contributed by atoms with Crippen molar-refractivity contribution in [3.63, 3.8) is 0 Å². The Kier molecular flexibility index (Phi) is 5.60. The quantitative estimate of drug-likeness (QED) is 0.774. The lowest BCUT2D eigenvalue weighted by molar-refractivity contribution is -0.139. The monoisotopic (exact) mass is 275 g/mol. The third kappa shape index (κ3) is 4.65. The van der Waals surface area contributed by atoms with E-state index in [4.69, 9.17) is 16.3 Å². The minimum absolute atomic E-state index is 0.0125. The molecule has 0 bridgehead atoms. The van der Waals surface area contributed by atoms with Crippen molar-refractivity contribution in [2.45, 2.75) is 32.4 Å². The summed E-state index contributed by atoms with van der Waals surface area (Å²) in [5.74, 6) is 1.12. The fourth-order valence-electron chi connectivity index (χ4n) is 1.54. The third-order valence-corrected chi connectivity index (χ3v) is 2.39. The summed E-state index contributed by atoms with van der Waals surface area (Å²) in [5, 5.41) is 11.3. The summed E-state index contributed by atoms with van der Waals surface area (Å²) in [6.07, 6.45) is 5.00. The lowest BCUT2D eigenvalue weighted by Crippen LogP contribution is -2.40. The molecule has 0 heterocycles. The Morgan fingerprint density at radius 3 is 2.70 bits per heavy atom. The Bertz CT molecular complexity index is 531. The van der Waals surface area contributed by atoms with E-state index < -0.39 is 17.9 Å². The van der Waals surface area contributed by atoms with Crippen molar-refractivity contribution in [1.29, 1.82) is 0 Å². The molecule has 0 aliphatic carbocycles. The molecule has 5 heteroatoms. The number of terminal acetylenes is 1. The van der Waals surface area contributed by atoms with Crippen molar-refractivity contribution in [3.05, 3.63) is 29.8 Å². The number of carboxylic acids is 1. The van der Waals surface area contributed by atoms with Gasteiger partial charge in [-0.2, -0.15) is 0 Å².